The second-order valence-corrected chi connectivity index (χ2v) is 8.09. The van der Waals surface area contributed by atoms with Crippen LogP contribution in [0.3, 0.4) is 0 Å². The summed E-state index contributed by atoms with van der Waals surface area (Å²) in [4.78, 5) is 4.54. The van der Waals surface area contributed by atoms with E-state index in [1.54, 1.807) is 42.5 Å². The number of hydrogen-bond acceptors (Lipinski definition) is 4. The summed E-state index contributed by atoms with van der Waals surface area (Å²) >= 11 is 0. The topological polar surface area (TPSA) is 91.8 Å². The lowest BCUT2D eigenvalue weighted by molar-refractivity contribution is -0.0504. The molecule has 172 valence electrons. The van der Waals surface area contributed by atoms with Crippen molar-refractivity contribution in [2.24, 2.45) is 4.99 Å². The number of sulfonamides is 1. The Bertz CT molecular complexity index is 942. The van der Waals surface area contributed by atoms with E-state index in [4.69, 9.17) is 0 Å². The molecule has 3 N–H and O–H groups in total. The molecule has 0 unspecified atom stereocenters. The van der Waals surface area contributed by atoms with E-state index >= 15 is 0 Å². The van der Waals surface area contributed by atoms with E-state index in [9.17, 15) is 17.2 Å². The van der Waals surface area contributed by atoms with Crippen LogP contribution in [0.15, 0.2) is 58.4 Å². The zero-order valence-electron chi connectivity index (χ0n) is 17.3. The SMILES string of the molecule is CCNC(=NCc1ccccc1OC(F)F)NCCNS(=O)(=O)c1ccc(C)cc1.I. The van der Waals surface area contributed by atoms with Gasteiger partial charge in [0.1, 0.15) is 5.75 Å². The van der Waals surface area contributed by atoms with Gasteiger partial charge in [0.15, 0.2) is 5.96 Å². The summed E-state index contributed by atoms with van der Waals surface area (Å²) in [5, 5.41) is 6.03. The number of alkyl halides is 2. The molecule has 0 aromatic heterocycles. The van der Waals surface area contributed by atoms with Gasteiger partial charge in [0.2, 0.25) is 10.0 Å². The van der Waals surface area contributed by atoms with Crippen LogP contribution >= 0.6 is 24.0 Å². The summed E-state index contributed by atoms with van der Waals surface area (Å²) in [6, 6.07) is 13.0. The molecule has 2 aromatic rings. The molecule has 0 spiro atoms. The molecular weight excluding hydrogens is 541 g/mol. The Balaban J connectivity index is 0.00000480. The number of nitrogens with one attached hydrogen (secondary N) is 3. The summed E-state index contributed by atoms with van der Waals surface area (Å²) in [5.74, 6) is 0.497. The molecule has 2 aromatic carbocycles. The maximum absolute atomic E-state index is 12.5. The van der Waals surface area contributed by atoms with E-state index in [2.05, 4.69) is 25.1 Å². The Morgan fingerprint density at radius 2 is 1.74 bits per heavy atom. The van der Waals surface area contributed by atoms with E-state index in [0.29, 0.717) is 18.1 Å². The van der Waals surface area contributed by atoms with Crippen molar-refractivity contribution in [3.8, 4) is 5.75 Å². The third kappa shape index (κ3) is 9.35. The quantitative estimate of drug-likeness (QED) is 0.177. The Labute approximate surface area is 198 Å². The summed E-state index contributed by atoms with van der Waals surface area (Å²) in [6.45, 7) is 1.97. The molecule has 31 heavy (non-hydrogen) atoms. The van der Waals surface area contributed by atoms with Crippen molar-refractivity contribution < 1.29 is 21.9 Å². The van der Waals surface area contributed by atoms with Crippen molar-refractivity contribution >= 4 is 40.0 Å². The molecule has 0 fully saturated rings. The lowest BCUT2D eigenvalue weighted by Gasteiger charge is -2.13. The number of rotatable bonds is 10. The van der Waals surface area contributed by atoms with Gasteiger partial charge >= 0.3 is 6.61 Å². The van der Waals surface area contributed by atoms with Crippen LogP contribution in [0.25, 0.3) is 0 Å². The van der Waals surface area contributed by atoms with Gasteiger partial charge in [-0.2, -0.15) is 8.78 Å². The third-order valence-corrected chi connectivity index (χ3v) is 5.46. The average Bonchev–Trinajstić information content (AvgIpc) is 2.70. The standard InChI is InChI=1S/C20H26F2N4O3S.HI/c1-3-23-20(25-14-16-6-4-5-7-18(16)29-19(21)22)24-12-13-26-30(27,28)17-10-8-15(2)9-11-17;/h4-11,19,26H,3,12-14H2,1-2H3,(H2,23,24,25);1H. The predicted octanol–water partition coefficient (Wildman–Crippen LogP) is 3.25. The zero-order valence-corrected chi connectivity index (χ0v) is 20.4. The molecule has 2 rings (SSSR count). The van der Waals surface area contributed by atoms with Crippen LogP contribution in [0.1, 0.15) is 18.1 Å². The van der Waals surface area contributed by atoms with Crippen LogP contribution in [0.5, 0.6) is 5.75 Å². The molecule has 7 nitrogen and oxygen atoms in total. The number of para-hydroxylation sites is 1. The molecular formula is C20H27F2IN4O3S. The first-order chi connectivity index (χ1) is 14.3. The number of nitrogens with zero attached hydrogens (tertiary/aromatic N) is 1. The van der Waals surface area contributed by atoms with E-state index in [0.717, 1.165) is 5.56 Å². The number of ether oxygens (including phenoxy) is 1. The van der Waals surface area contributed by atoms with E-state index in [1.807, 2.05) is 13.8 Å². The fraction of sp³-hybridized carbons (Fsp3) is 0.350. The van der Waals surface area contributed by atoms with Crippen molar-refractivity contribution in [2.45, 2.75) is 31.9 Å². The molecule has 0 heterocycles. The van der Waals surface area contributed by atoms with Gasteiger partial charge < -0.3 is 15.4 Å². The fourth-order valence-electron chi connectivity index (χ4n) is 2.52. The number of aliphatic imine (C=N–C) groups is 1. The first kappa shape index (κ1) is 27.0. The van der Waals surface area contributed by atoms with Crippen molar-refractivity contribution in [1.29, 1.82) is 0 Å². The van der Waals surface area contributed by atoms with Crippen molar-refractivity contribution in [1.82, 2.24) is 15.4 Å². The first-order valence-corrected chi connectivity index (χ1v) is 10.9. The van der Waals surface area contributed by atoms with Crippen LogP contribution in [-0.4, -0.2) is 40.6 Å². The zero-order chi connectivity index (χ0) is 22.0. The molecule has 0 saturated carbocycles. The summed E-state index contributed by atoms with van der Waals surface area (Å²) in [7, 11) is -3.60. The molecule has 0 radical (unpaired) electrons. The number of halogens is 3. The third-order valence-electron chi connectivity index (χ3n) is 3.98. The first-order valence-electron chi connectivity index (χ1n) is 9.43. The Morgan fingerprint density at radius 3 is 2.39 bits per heavy atom. The minimum absolute atomic E-state index is 0. The monoisotopic (exact) mass is 568 g/mol. The van der Waals surface area contributed by atoms with Crippen LogP contribution in [0, 0.1) is 6.92 Å². The van der Waals surface area contributed by atoms with E-state index in [-0.39, 0.29) is 54.3 Å². The summed E-state index contributed by atoms with van der Waals surface area (Å²) in [5.41, 5.74) is 1.48. The molecule has 0 aliphatic rings. The highest BCUT2D eigenvalue weighted by Gasteiger charge is 2.13. The Hall–Kier alpha value is -1.99. The minimum atomic E-state index is -3.60. The summed E-state index contributed by atoms with van der Waals surface area (Å²) < 4.78 is 56.7. The van der Waals surface area contributed by atoms with Gasteiger partial charge in [-0.3, -0.25) is 0 Å². The molecule has 0 atom stereocenters. The lowest BCUT2D eigenvalue weighted by atomic mass is 10.2. The second kappa shape index (κ2) is 13.4. The van der Waals surface area contributed by atoms with Gasteiger partial charge in [-0.25, -0.2) is 18.1 Å². The van der Waals surface area contributed by atoms with Crippen LogP contribution in [0.4, 0.5) is 8.78 Å². The molecule has 0 bridgehead atoms. The van der Waals surface area contributed by atoms with E-state index < -0.39 is 16.6 Å². The van der Waals surface area contributed by atoms with Gasteiger partial charge in [0.05, 0.1) is 11.4 Å². The van der Waals surface area contributed by atoms with Gasteiger partial charge in [0.25, 0.3) is 0 Å². The smallest absolute Gasteiger partial charge is 0.387 e. The Kier molecular flexibility index (Phi) is 11.7. The highest BCUT2D eigenvalue weighted by Crippen LogP contribution is 2.20. The average molecular weight is 568 g/mol. The van der Waals surface area contributed by atoms with Crippen LogP contribution in [-0.2, 0) is 16.6 Å². The van der Waals surface area contributed by atoms with Gasteiger partial charge in [0, 0.05) is 25.2 Å². The van der Waals surface area contributed by atoms with Gasteiger partial charge in [-0.1, -0.05) is 35.9 Å². The second-order valence-electron chi connectivity index (χ2n) is 6.32. The van der Waals surface area contributed by atoms with Crippen LogP contribution < -0.4 is 20.1 Å². The molecule has 0 aliphatic carbocycles. The van der Waals surface area contributed by atoms with E-state index in [1.165, 1.54) is 6.07 Å². The maximum atomic E-state index is 12.5. The van der Waals surface area contributed by atoms with Crippen molar-refractivity contribution in [3.63, 3.8) is 0 Å². The molecule has 0 saturated heterocycles. The molecule has 11 heteroatoms. The van der Waals surface area contributed by atoms with Crippen molar-refractivity contribution in [2.75, 3.05) is 19.6 Å². The number of benzene rings is 2. The molecule has 0 amide bonds. The fourth-order valence-corrected chi connectivity index (χ4v) is 3.55. The van der Waals surface area contributed by atoms with Gasteiger partial charge in [-0.15, -0.1) is 24.0 Å². The minimum Gasteiger partial charge on any atom is -0.434 e. The van der Waals surface area contributed by atoms with Crippen LogP contribution in [0.2, 0.25) is 0 Å². The molecule has 0 aliphatic heterocycles. The highest BCUT2D eigenvalue weighted by molar-refractivity contribution is 14.0. The van der Waals surface area contributed by atoms with Gasteiger partial charge in [-0.05, 0) is 32.0 Å². The predicted molar refractivity (Wildman–Crippen MR) is 128 cm³/mol. The number of guanidine groups is 1. The number of aryl methyl sites for hydroxylation is 1. The Morgan fingerprint density at radius 1 is 1.06 bits per heavy atom. The lowest BCUT2D eigenvalue weighted by Crippen LogP contribution is -2.41. The normalized spacial score (nSPS) is 11.7. The maximum Gasteiger partial charge on any atom is 0.387 e. The summed E-state index contributed by atoms with van der Waals surface area (Å²) in [6.07, 6.45) is 0. The number of hydrogen-bond donors (Lipinski definition) is 3. The highest BCUT2D eigenvalue weighted by atomic mass is 127. The largest absolute Gasteiger partial charge is 0.434 e. The van der Waals surface area contributed by atoms with Crippen molar-refractivity contribution in [3.05, 3.63) is 59.7 Å².